The molecule has 2 aromatic rings. The zero-order chi connectivity index (χ0) is 22.2. The predicted octanol–water partition coefficient (Wildman–Crippen LogP) is 5.04. The highest BCUT2D eigenvalue weighted by atomic mass is 16.5. The summed E-state index contributed by atoms with van der Waals surface area (Å²) in [6.45, 7) is 6.10. The molecule has 0 aromatic heterocycles. The number of dihydropyridines is 1. The quantitative estimate of drug-likeness (QED) is 0.607. The van der Waals surface area contributed by atoms with Gasteiger partial charge in [0.25, 0.3) is 0 Å². The highest BCUT2D eigenvalue weighted by molar-refractivity contribution is 5.97. The Hall–Kier alpha value is -3.34. The summed E-state index contributed by atoms with van der Waals surface area (Å²) >= 11 is 0. The van der Waals surface area contributed by atoms with Crippen molar-refractivity contribution in [3.8, 4) is 0 Å². The van der Waals surface area contributed by atoms with Crippen LogP contribution in [-0.4, -0.2) is 11.9 Å². The first-order chi connectivity index (χ1) is 15.0. The molecule has 31 heavy (non-hydrogen) atoms. The summed E-state index contributed by atoms with van der Waals surface area (Å²) < 4.78 is 11.2. The van der Waals surface area contributed by atoms with Crippen LogP contribution in [0.4, 0.5) is 0 Å². The van der Waals surface area contributed by atoms with Crippen molar-refractivity contribution in [2.75, 3.05) is 0 Å². The Morgan fingerprint density at radius 1 is 0.774 bits per heavy atom. The molecule has 0 unspecified atom stereocenters. The van der Waals surface area contributed by atoms with Crippen LogP contribution in [-0.2, 0) is 32.3 Å². The van der Waals surface area contributed by atoms with Crippen LogP contribution in [0.25, 0.3) is 0 Å². The molecule has 1 aliphatic heterocycles. The summed E-state index contributed by atoms with van der Waals surface area (Å²) in [6.07, 6.45) is 1.47. The number of allylic oxidation sites excluding steroid dienone is 2. The number of hydrogen-bond donors (Lipinski definition) is 1. The van der Waals surface area contributed by atoms with Crippen molar-refractivity contribution in [3.63, 3.8) is 0 Å². The second-order valence-electron chi connectivity index (χ2n) is 7.67. The van der Waals surface area contributed by atoms with Gasteiger partial charge in [-0.1, -0.05) is 74.0 Å². The van der Waals surface area contributed by atoms with Gasteiger partial charge in [-0.2, -0.15) is 0 Å². The molecule has 0 saturated carbocycles. The van der Waals surface area contributed by atoms with E-state index in [9.17, 15) is 9.59 Å². The minimum absolute atomic E-state index is 0.186. The van der Waals surface area contributed by atoms with Gasteiger partial charge in [0.1, 0.15) is 13.2 Å². The molecule has 0 amide bonds. The number of ether oxygens (including phenoxy) is 2. The molecule has 5 heteroatoms. The fraction of sp³-hybridized carbons (Fsp3) is 0.308. The van der Waals surface area contributed by atoms with E-state index in [0.717, 1.165) is 17.5 Å². The fourth-order valence-corrected chi connectivity index (χ4v) is 3.85. The van der Waals surface area contributed by atoms with Crippen molar-refractivity contribution >= 4 is 11.9 Å². The third-order valence-corrected chi connectivity index (χ3v) is 5.32. The van der Waals surface area contributed by atoms with Crippen molar-refractivity contribution in [2.45, 2.75) is 46.8 Å². The molecule has 1 N–H and O–H groups in total. The maximum absolute atomic E-state index is 13.0. The zero-order valence-electron chi connectivity index (χ0n) is 18.3. The molecule has 0 bridgehead atoms. The van der Waals surface area contributed by atoms with E-state index >= 15 is 0 Å². The van der Waals surface area contributed by atoms with Gasteiger partial charge in [-0.25, -0.2) is 9.59 Å². The molecule has 0 aliphatic carbocycles. The van der Waals surface area contributed by atoms with Crippen molar-refractivity contribution in [1.29, 1.82) is 0 Å². The Morgan fingerprint density at radius 2 is 1.19 bits per heavy atom. The van der Waals surface area contributed by atoms with Gasteiger partial charge in [-0.3, -0.25) is 0 Å². The zero-order valence-corrected chi connectivity index (χ0v) is 18.3. The van der Waals surface area contributed by atoms with Crippen LogP contribution in [0, 0.1) is 5.92 Å². The topological polar surface area (TPSA) is 64.6 Å². The first-order valence-electron chi connectivity index (χ1n) is 10.6. The van der Waals surface area contributed by atoms with Gasteiger partial charge in [0.05, 0.1) is 11.1 Å². The Bertz CT molecular complexity index is 899. The Balaban J connectivity index is 1.77. The number of benzene rings is 2. The predicted molar refractivity (Wildman–Crippen MR) is 119 cm³/mol. The number of esters is 2. The van der Waals surface area contributed by atoms with Crippen LogP contribution in [0.1, 0.15) is 44.7 Å². The lowest BCUT2D eigenvalue weighted by Crippen LogP contribution is -2.33. The largest absolute Gasteiger partial charge is 0.457 e. The minimum Gasteiger partial charge on any atom is -0.457 e. The average Bonchev–Trinajstić information content (AvgIpc) is 2.77. The molecule has 0 radical (unpaired) electrons. The van der Waals surface area contributed by atoms with E-state index < -0.39 is 11.9 Å². The summed E-state index contributed by atoms with van der Waals surface area (Å²) in [6, 6.07) is 19.1. The molecule has 0 saturated heterocycles. The van der Waals surface area contributed by atoms with E-state index in [1.165, 1.54) is 0 Å². The van der Waals surface area contributed by atoms with Crippen LogP contribution in [0.5, 0.6) is 0 Å². The summed E-state index contributed by atoms with van der Waals surface area (Å²) in [5, 5.41) is 3.18. The number of nitrogens with one attached hydrogen (secondary N) is 1. The summed E-state index contributed by atoms with van der Waals surface area (Å²) in [5.74, 6) is -1.18. The standard InChI is InChI=1S/C26H29NO4/c1-4-11-22-23(25(28)30-16-20-12-7-5-8-13-20)18(2)27-19(3)24(22)26(29)31-17-21-14-9-6-10-15-21/h5-10,12-15,22,27H,4,11,16-17H2,1-3H3. The Labute approximate surface area is 183 Å². The second kappa shape index (κ2) is 10.6. The van der Waals surface area contributed by atoms with E-state index in [4.69, 9.17) is 9.47 Å². The normalized spacial score (nSPS) is 14.3. The van der Waals surface area contributed by atoms with E-state index in [0.29, 0.717) is 29.0 Å². The van der Waals surface area contributed by atoms with Crippen molar-refractivity contribution in [3.05, 3.63) is 94.3 Å². The highest BCUT2D eigenvalue weighted by Gasteiger charge is 2.36. The lowest BCUT2D eigenvalue weighted by Gasteiger charge is -2.30. The van der Waals surface area contributed by atoms with E-state index in [1.807, 2.05) is 81.4 Å². The molecule has 5 nitrogen and oxygen atoms in total. The van der Waals surface area contributed by atoms with Crippen molar-refractivity contribution < 1.29 is 19.1 Å². The van der Waals surface area contributed by atoms with Gasteiger partial charge < -0.3 is 14.8 Å². The summed E-state index contributed by atoms with van der Waals surface area (Å²) in [4.78, 5) is 26.1. The molecule has 1 heterocycles. The first kappa shape index (κ1) is 22.3. The third-order valence-electron chi connectivity index (χ3n) is 5.32. The smallest absolute Gasteiger partial charge is 0.336 e. The Morgan fingerprint density at radius 3 is 1.58 bits per heavy atom. The first-order valence-corrected chi connectivity index (χ1v) is 10.6. The fourth-order valence-electron chi connectivity index (χ4n) is 3.85. The highest BCUT2D eigenvalue weighted by Crippen LogP contribution is 2.35. The van der Waals surface area contributed by atoms with Gasteiger partial charge >= 0.3 is 11.9 Å². The van der Waals surface area contributed by atoms with E-state index in [1.54, 1.807) is 0 Å². The minimum atomic E-state index is -0.409. The van der Waals surface area contributed by atoms with Crippen LogP contribution < -0.4 is 5.32 Å². The van der Waals surface area contributed by atoms with Gasteiger partial charge in [0.15, 0.2) is 0 Å². The van der Waals surface area contributed by atoms with Crippen molar-refractivity contribution in [1.82, 2.24) is 5.32 Å². The van der Waals surface area contributed by atoms with Gasteiger partial charge in [0, 0.05) is 17.3 Å². The molecule has 0 fully saturated rings. The molecular formula is C26H29NO4. The van der Waals surface area contributed by atoms with E-state index in [-0.39, 0.29) is 19.1 Å². The van der Waals surface area contributed by atoms with Crippen molar-refractivity contribution in [2.24, 2.45) is 5.92 Å². The molecule has 0 atom stereocenters. The monoisotopic (exact) mass is 419 g/mol. The molecule has 3 rings (SSSR count). The number of rotatable bonds is 8. The molecule has 2 aromatic carbocycles. The number of carbonyl (C=O) groups excluding carboxylic acids is 2. The maximum Gasteiger partial charge on any atom is 0.336 e. The lowest BCUT2D eigenvalue weighted by atomic mass is 9.82. The van der Waals surface area contributed by atoms with Crippen LogP contribution in [0.15, 0.2) is 83.2 Å². The van der Waals surface area contributed by atoms with Gasteiger partial charge in [-0.15, -0.1) is 0 Å². The van der Waals surface area contributed by atoms with E-state index in [2.05, 4.69) is 5.32 Å². The molecule has 162 valence electrons. The van der Waals surface area contributed by atoms with Crippen LogP contribution >= 0.6 is 0 Å². The molecule has 0 spiro atoms. The molecule has 1 aliphatic rings. The number of hydrogen-bond acceptors (Lipinski definition) is 5. The summed E-state index contributed by atoms with van der Waals surface area (Å²) in [7, 11) is 0. The van der Waals surface area contributed by atoms with Crippen LogP contribution in [0.3, 0.4) is 0 Å². The van der Waals surface area contributed by atoms with Crippen LogP contribution in [0.2, 0.25) is 0 Å². The average molecular weight is 420 g/mol. The Kier molecular flexibility index (Phi) is 7.65. The maximum atomic E-state index is 13.0. The SMILES string of the molecule is CCCC1C(C(=O)OCc2ccccc2)=C(C)NC(C)=C1C(=O)OCc1ccccc1. The lowest BCUT2D eigenvalue weighted by molar-refractivity contribution is -0.142. The van der Waals surface area contributed by atoms with Gasteiger partial charge in [-0.05, 0) is 31.4 Å². The second-order valence-corrected chi connectivity index (χ2v) is 7.67. The third kappa shape index (κ3) is 5.63. The number of carbonyl (C=O) groups is 2. The van der Waals surface area contributed by atoms with Gasteiger partial charge in [0.2, 0.25) is 0 Å². The summed E-state index contributed by atoms with van der Waals surface area (Å²) in [5.41, 5.74) is 4.26. The molecular weight excluding hydrogens is 390 g/mol.